The third-order valence-electron chi connectivity index (χ3n) is 7.41. The van der Waals surface area contributed by atoms with Gasteiger partial charge in [0.2, 0.25) is 0 Å². The van der Waals surface area contributed by atoms with E-state index in [-0.39, 0.29) is 17.7 Å². The van der Waals surface area contributed by atoms with Gasteiger partial charge in [-0.3, -0.25) is 9.69 Å². The van der Waals surface area contributed by atoms with Crippen LogP contribution in [0.5, 0.6) is 5.75 Å². The van der Waals surface area contributed by atoms with Gasteiger partial charge in [-0.2, -0.15) is 0 Å². The predicted octanol–water partition coefficient (Wildman–Crippen LogP) is 4.27. The number of benzene rings is 2. The molecule has 1 saturated heterocycles. The zero-order valence-electron chi connectivity index (χ0n) is 22.4. The van der Waals surface area contributed by atoms with Gasteiger partial charge >= 0.3 is 0 Å². The number of methoxy groups -OCH3 is 1. The quantitative estimate of drug-likeness (QED) is 0.318. The lowest BCUT2D eigenvalue weighted by Gasteiger charge is -2.32. The van der Waals surface area contributed by atoms with Crippen molar-refractivity contribution in [2.45, 2.75) is 64.8 Å². The zero-order valence-corrected chi connectivity index (χ0v) is 22.4. The standard InChI is InChI=1S/C29H36N6O3/c1-4-20-10-13-26-22(15-20)16-23(29(36)30-26)18-34(19-25-7-6-14-38-25)27(5-2)28-31-32-33-35(28)17-21-8-11-24(37-3)12-9-21/h8-13,15-16,25,27H,4-7,14,17-19H2,1-3H3,(H,30,36)/t25-,27+/m1/s1. The van der Waals surface area contributed by atoms with E-state index in [1.165, 1.54) is 5.56 Å². The van der Waals surface area contributed by atoms with E-state index in [9.17, 15) is 4.79 Å². The van der Waals surface area contributed by atoms with Crippen LogP contribution < -0.4 is 10.3 Å². The number of ether oxygens (including phenoxy) is 2. The maximum atomic E-state index is 13.1. The molecule has 3 heterocycles. The van der Waals surface area contributed by atoms with Crippen molar-refractivity contribution >= 4 is 10.9 Å². The Kier molecular flexibility index (Phi) is 8.14. The van der Waals surface area contributed by atoms with E-state index in [1.807, 2.05) is 41.1 Å². The number of fused-ring (bicyclic) bond motifs is 1. The van der Waals surface area contributed by atoms with Crippen LogP contribution in [0.15, 0.2) is 53.3 Å². The molecule has 0 amide bonds. The Morgan fingerprint density at radius 3 is 2.68 bits per heavy atom. The molecule has 0 saturated carbocycles. The molecule has 0 radical (unpaired) electrons. The number of hydrogen-bond acceptors (Lipinski definition) is 7. The second-order valence-corrected chi connectivity index (χ2v) is 9.93. The molecule has 1 aliphatic rings. The highest BCUT2D eigenvalue weighted by Gasteiger charge is 2.29. The van der Waals surface area contributed by atoms with Crippen molar-refractivity contribution in [2.75, 3.05) is 20.3 Å². The van der Waals surface area contributed by atoms with Gasteiger partial charge in [0.05, 0.1) is 25.8 Å². The van der Waals surface area contributed by atoms with Crippen LogP contribution in [0, 0.1) is 0 Å². The van der Waals surface area contributed by atoms with Gasteiger partial charge in [0, 0.05) is 30.8 Å². The lowest BCUT2D eigenvalue weighted by Crippen LogP contribution is -2.37. The summed E-state index contributed by atoms with van der Waals surface area (Å²) in [4.78, 5) is 18.5. The molecule has 2 aromatic carbocycles. The second kappa shape index (κ2) is 11.9. The van der Waals surface area contributed by atoms with Crippen LogP contribution in [-0.2, 0) is 24.2 Å². The number of nitrogens with one attached hydrogen (secondary N) is 1. The largest absolute Gasteiger partial charge is 0.497 e. The third-order valence-corrected chi connectivity index (χ3v) is 7.41. The number of hydrogen-bond donors (Lipinski definition) is 1. The summed E-state index contributed by atoms with van der Waals surface area (Å²) in [7, 11) is 1.66. The topological polar surface area (TPSA) is 98.2 Å². The van der Waals surface area contributed by atoms with Gasteiger partial charge in [0.25, 0.3) is 5.56 Å². The monoisotopic (exact) mass is 516 g/mol. The SMILES string of the molecule is CCc1ccc2[nH]c(=O)c(CN(C[C@H]3CCCO3)[C@@H](CC)c3nnnn3Cc3ccc(OC)cc3)cc2c1. The molecule has 1 aliphatic heterocycles. The van der Waals surface area contributed by atoms with Crippen molar-refractivity contribution in [3.63, 3.8) is 0 Å². The molecule has 0 unspecified atom stereocenters. The fourth-order valence-electron chi connectivity index (χ4n) is 5.28. The minimum absolute atomic E-state index is 0.0632. The average Bonchev–Trinajstić information content (AvgIpc) is 3.62. The third kappa shape index (κ3) is 5.79. The fourth-order valence-corrected chi connectivity index (χ4v) is 5.28. The van der Waals surface area contributed by atoms with E-state index in [0.29, 0.717) is 19.6 Å². The first-order chi connectivity index (χ1) is 18.6. The summed E-state index contributed by atoms with van der Waals surface area (Å²) in [6.07, 6.45) is 3.94. The van der Waals surface area contributed by atoms with E-state index < -0.39 is 0 Å². The van der Waals surface area contributed by atoms with Crippen LogP contribution in [0.1, 0.15) is 61.7 Å². The van der Waals surface area contributed by atoms with Crippen molar-refractivity contribution < 1.29 is 9.47 Å². The molecule has 0 aliphatic carbocycles. The van der Waals surface area contributed by atoms with E-state index in [4.69, 9.17) is 9.47 Å². The number of tetrazole rings is 1. The Morgan fingerprint density at radius 2 is 1.97 bits per heavy atom. The van der Waals surface area contributed by atoms with Crippen LogP contribution in [0.25, 0.3) is 10.9 Å². The number of H-pyrrole nitrogens is 1. The number of pyridine rings is 1. The van der Waals surface area contributed by atoms with Crippen LogP contribution in [0.2, 0.25) is 0 Å². The van der Waals surface area contributed by atoms with Gasteiger partial charge in [-0.05, 0) is 83.0 Å². The molecule has 1 fully saturated rings. The molecule has 9 heteroatoms. The summed E-state index contributed by atoms with van der Waals surface area (Å²) >= 11 is 0. The summed E-state index contributed by atoms with van der Waals surface area (Å²) in [5.41, 5.74) is 3.86. The van der Waals surface area contributed by atoms with Crippen molar-refractivity contribution in [3.05, 3.63) is 81.4 Å². The van der Waals surface area contributed by atoms with Gasteiger partial charge in [-0.15, -0.1) is 5.10 Å². The molecule has 4 aromatic rings. The lowest BCUT2D eigenvalue weighted by molar-refractivity contribution is 0.0489. The van der Waals surface area contributed by atoms with Crippen LogP contribution in [0.3, 0.4) is 0 Å². The fraction of sp³-hybridized carbons (Fsp3) is 0.448. The first-order valence-electron chi connectivity index (χ1n) is 13.5. The Labute approximate surface area is 222 Å². The van der Waals surface area contributed by atoms with Gasteiger partial charge in [0.15, 0.2) is 5.82 Å². The number of aromatic amines is 1. The van der Waals surface area contributed by atoms with Gasteiger partial charge in [-0.1, -0.05) is 32.0 Å². The van der Waals surface area contributed by atoms with Gasteiger partial charge in [-0.25, -0.2) is 4.68 Å². The number of aryl methyl sites for hydroxylation is 1. The highest BCUT2D eigenvalue weighted by molar-refractivity contribution is 5.79. The number of rotatable bonds is 11. The highest BCUT2D eigenvalue weighted by atomic mass is 16.5. The molecular weight excluding hydrogens is 480 g/mol. The van der Waals surface area contributed by atoms with Crippen molar-refractivity contribution in [1.82, 2.24) is 30.1 Å². The molecule has 38 heavy (non-hydrogen) atoms. The second-order valence-electron chi connectivity index (χ2n) is 9.93. The molecule has 9 nitrogen and oxygen atoms in total. The molecule has 2 atom stereocenters. The van der Waals surface area contributed by atoms with E-state index in [0.717, 1.165) is 65.9 Å². The van der Waals surface area contributed by atoms with Crippen LogP contribution >= 0.6 is 0 Å². The molecule has 200 valence electrons. The van der Waals surface area contributed by atoms with Crippen LogP contribution in [-0.4, -0.2) is 56.5 Å². The summed E-state index contributed by atoms with van der Waals surface area (Å²) in [6.45, 7) is 6.79. The lowest BCUT2D eigenvalue weighted by atomic mass is 10.1. The molecule has 2 aromatic heterocycles. The van der Waals surface area contributed by atoms with E-state index >= 15 is 0 Å². The average molecular weight is 517 g/mol. The molecule has 1 N–H and O–H groups in total. The Morgan fingerprint density at radius 1 is 1.16 bits per heavy atom. The Bertz CT molecular complexity index is 1410. The number of nitrogens with zero attached hydrogens (tertiary/aromatic N) is 5. The maximum absolute atomic E-state index is 13.1. The molecule has 0 spiro atoms. The molecule has 5 rings (SSSR count). The molecular formula is C29H36N6O3. The van der Waals surface area contributed by atoms with E-state index in [2.05, 4.69) is 51.4 Å². The summed E-state index contributed by atoms with van der Waals surface area (Å²) in [5, 5.41) is 13.9. The zero-order chi connectivity index (χ0) is 26.5. The highest BCUT2D eigenvalue weighted by Crippen LogP contribution is 2.27. The summed E-state index contributed by atoms with van der Waals surface area (Å²) in [5.74, 6) is 1.60. The Hall–Kier alpha value is -3.56. The van der Waals surface area contributed by atoms with Crippen LogP contribution in [0.4, 0.5) is 0 Å². The first kappa shape index (κ1) is 26.1. The van der Waals surface area contributed by atoms with E-state index in [1.54, 1.807) is 7.11 Å². The maximum Gasteiger partial charge on any atom is 0.252 e. The summed E-state index contributed by atoms with van der Waals surface area (Å²) in [6, 6.07) is 16.1. The predicted molar refractivity (Wildman–Crippen MR) is 146 cm³/mol. The minimum atomic E-state index is -0.0791. The van der Waals surface area contributed by atoms with Crippen molar-refractivity contribution in [3.8, 4) is 5.75 Å². The first-order valence-corrected chi connectivity index (χ1v) is 13.5. The Balaban J connectivity index is 1.46. The summed E-state index contributed by atoms with van der Waals surface area (Å²) < 4.78 is 13.2. The number of aromatic nitrogens is 5. The minimum Gasteiger partial charge on any atom is -0.497 e. The van der Waals surface area contributed by atoms with Gasteiger partial charge < -0.3 is 14.5 Å². The molecule has 0 bridgehead atoms. The smallest absolute Gasteiger partial charge is 0.252 e. The van der Waals surface area contributed by atoms with Crippen molar-refractivity contribution in [2.24, 2.45) is 0 Å². The van der Waals surface area contributed by atoms with Crippen molar-refractivity contribution in [1.29, 1.82) is 0 Å². The normalized spacial score (nSPS) is 16.4. The van der Waals surface area contributed by atoms with Gasteiger partial charge in [0.1, 0.15) is 5.75 Å².